The first-order valence-electron chi connectivity index (χ1n) is 11.0. The smallest absolute Gasteiger partial charge is 0.326 e. The number of urea groups is 1. The Labute approximate surface area is 202 Å². The zero-order chi connectivity index (χ0) is 23.8. The van der Waals surface area contributed by atoms with Crippen LogP contribution in [0.25, 0.3) is 17.0 Å². The van der Waals surface area contributed by atoms with Crippen LogP contribution in [-0.2, 0) is 0 Å². The normalized spacial score (nSPS) is 16.1. The van der Waals surface area contributed by atoms with Crippen molar-refractivity contribution in [2.75, 3.05) is 4.90 Å². The van der Waals surface area contributed by atoms with Crippen LogP contribution in [-0.4, -0.2) is 16.2 Å². The molecule has 2 heterocycles. The molecule has 1 aliphatic heterocycles. The number of aromatic nitrogens is 2. The van der Waals surface area contributed by atoms with Crippen molar-refractivity contribution in [2.24, 2.45) is 0 Å². The summed E-state index contributed by atoms with van der Waals surface area (Å²) in [5.74, 6) is 0.857. The topological polar surface area (TPSA) is 71.3 Å². The quantitative estimate of drug-likeness (QED) is 0.360. The molecule has 34 heavy (non-hydrogen) atoms. The van der Waals surface area contributed by atoms with E-state index >= 15 is 0 Å². The van der Waals surface area contributed by atoms with Crippen molar-refractivity contribution >= 4 is 28.9 Å². The van der Waals surface area contributed by atoms with E-state index in [0.717, 1.165) is 27.8 Å². The number of hydrogen-bond donors (Lipinski definition) is 1. The van der Waals surface area contributed by atoms with Crippen LogP contribution in [0, 0.1) is 13.8 Å². The second kappa shape index (κ2) is 8.80. The molecule has 0 fully saturated rings. The van der Waals surface area contributed by atoms with Gasteiger partial charge in [-0.25, -0.2) is 4.79 Å². The summed E-state index contributed by atoms with van der Waals surface area (Å²) in [6, 6.07) is 22.5. The largest absolute Gasteiger partial charge is 0.334 e. The second-order valence-electron chi connectivity index (χ2n) is 8.35. The fourth-order valence-electron chi connectivity index (χ4n) is 4.23. The van der Waals surface area contributed by atoms with Crippen molar-refractivity contribution in [1.82, 2.24) is 15.5 Å². The Hall–Kier alpha value is -3.90. The molecule has 5 rings (SSSR count). The lowest BCUT2D eigenvalue weighted by Gasteiger charge is -2.35. The molecule has 4 aromatic rings. The summed E-state index contributed by atoms with van der Waals surface area (Å²) in [6.07, 6.45) is 0. The van der Waals surface area contributed by atoms with Gasteiger partial charge in [0, 0.05) is 16.3 Å². The third-order valence-corrected chi connectivity index (χ3v) is 6.37. The van der Waals surface area contributed by atoms with Gasteiger partial charge in [0.05, 0.1) is 17.3 Å². The van der Waals surface area contributed by atoms with Gasteiger partial charge in [0.1, 0.15) is 0 Å². The number of nitrogens with one attached hydrogen (secondary N) is 1. The minimum absolute atomic E-state index is 0.241. The first-order valence-corrected chi connectivity index (χ1v) is 11.3. The Bertz CT molecular complexity index is 1410. The standard InChI is InChI=1S/C27H23ClN4O2/c1-16-8-7-11-20(14-16)25-30-26(34-31-25)23-18(3)32(21-12-13-22(28)17(2)15-21)27(33)29-24(23)19-9-5-4-6-10-19/h4-15,24H,1-3H3,(H,29,33). The van der Waals surface area contributed by atoms with Gasteiger partial charge in [-0.3, -0.25) is 4.90 Å². The van der Waals surface area contributed by atoms with Crippen LogP contribution in [0.1, 0.15) is 35.5 Å². The molecule has 1 aromatic heterocycles. The Morgan fingerprint density at radius 1 is 0.971 bits per heavy atom. The van der Waals surface area contributed by atoms with Gasteiger partial charge in [-0.2, -0.15) is 4.98 Å². The molecule has 0 saturated heterocycles. The maximum atomic E-state index is 13.3. The number of hydrogen-bond acceptors (Lipinski definition) is 4. The molecule has 1 atom stereocenters. The molecular formula is C27H23ClN4O2. The van der Waals surface area contributed by atoms with Crippen LogP contribution >= 0.6 is 11.6 Å². The number of aryl methyl sites for hydroxylation is 2. The lowest BCUT2D eigenvalue weighted by Crippen LogP contribution is -2.46. The van der Waals surface area contributed by atoms with Crippen molar-refractivity contribution in [3.8, 4) is 11.4 Å². The zero-order valence-corrected chi connectivity index (χ0v) is 19.8. The number of halogens is 1. The Morgan fingerprint density at radius 3 is 2.50 bits per heavy atom. The van der Waals surface area contributed by atoms with Crippen molar-refractivity contribution < 1.29 is 9.32 Å². The summed E-state index contributed by atoms with van der Waals surface area (Å²) in [4.78, 5) is 19.6. The highest BCUT2D eigenvalue weighted by Gasteiger charge is 2.36. The lowest BCUT2D eigenvalue weighted by molar-refractivity contribution is 0.244. The molecule has 1 aliphatic rings. The molecule has 7 heteroatoms. The molecule has 0 spiro atoms. The van der Waals surface area contributed by atoms with Crippen molar-refractivity contribution in [3.63, 3.8) is 0 Å². The minimum atomic E-state index is -0.441. The fourth-order valence-corrected chi connectivity index (χ4v) is 4.35. The number of allylic oxidation sites excluding steroid dienone is 1. The van der Waals surface area contributed by atoms with E-state index in [2.05, 4.69) is 10.5 Å². The van der Waals surface area contributed by atoms with Crippen LogP contribution in [0.5, 0.6) is 0 Å². The third-order valence-electron chi connectivity index (χ3n) is 5.95. The molecule has 1 N–H and O–H groups in total. The predicted octanol–water partition coefficient (Wildman–Crippen LogP) is 6.71. The lowest BCUT2D eigenvalue weighted by atomic mass is 9.94. The van der Waals surface area contributed by atoms with Gasteiger partial charge in [-0.1, -0.05) is 70.9 Å². The number of benzene rings is 3. The Kier molecular flexibility index (Phi) is 5.67. The summed E-state index contributed by atoms with van der Waals surface area (Å²) in [5, 5.41) is 8.00. The predicted molar refractivity (Wildman–Crippen MR) is 133 cm³/mol. The van der Waals surface area contributed by atoms with Gasteiger partial charge in [-0.15, -0.1) is 0 Å². The van der Waals surface area contributed by atoms with Crippen LogP contribution in [0.15, 0.2) is 83.0 Å². The van der Waals surface area contributed by atoms with E-state index in [1.807, 2.05) is 87.5 Å². The summed E-state index contributed by atoms with van der Waals surface area (Å²) in [5.41, 5.74) is 5.94. The average Bonchev–Trinajstić information content (AvgIpc) is 3.31. The number of rotatable bonds is 4. The van der Waals surface area contributed by atoms with Gasteiger partial charge in [-0.05, 0) is 56.2 Å². The molecule has 1 unspecified atom stereocenters. The SMILES string of the molecule is CC1=C(c2nc(-c3cccc(C)c3)no2)C(c2ccccc2)NC(=O)N1c1ccc(Cl)c(C)c1. The molecule has 170 valence electrons. The number of amides is 2. The number of carbonyl (C=O) groups excluding carboxylic acids is 1. The highest BCUT2D eigenvalue weighted by Crippen LogP contribution is 2.39. The fraction of sp³-hybridized carbons (Fsp3) is 0.148. The number of carbonyl (C=O) groups is 1. The van der Waals surface area contributed by atoms with Gasteiger partial charge >= 0.3 is 6.03 Å². The zero-order valence-electron chi connectivity index (χ0n) is 19.0. The number of nitrogens with zero attached hydrogens (tertiary/aromatic N) is 3. The first kappa shape index (κ1) is 21.9. The molecule has 0 radical (unpaired) electrons. The molecule has 0 aliphatic carbocycles. The van der Waals surface area contributed by atoms with Crippen LogP contribution in [0.4, 0.5) is 10.5 Å². The highest BCUT2D eigenvalue weighted by molar-refractivity contribution is 6.31. The van der Waals surface area contributed by atoms with Crippen LogP contribution in [0.2, 0.25) is 5.02 Å². The van der Waals surface area contributed by atoms with E-state index in [9.17, 15) is 4.79 Å². The molecule has 3 aromatic carbocycles. The van der Waals surface area contributed by atoms with E-state index in [0.29, 0.717) is 28.1 Å². The van der Waals surface area contributed by atoms with Crippen LogP contribution in [0.3, 0.4) is 0 Å². The molecule has 2 amide bonds. The molecule has 6 nitrogen and oxygen atoms in total. The van der Waals surface area contributed by atoms with Crippen molar-refractivity contribution in [1.29, 1.82) is 0 Å². The van der Waals surface area contributed by atoms with Crippen molar-refractivity contribution in [2.45, 2.75) is 26.8 Å². The van der Waals surface area contributed by atoms with Gasteiger partial charge in [0.2, 0.25) is 5.82 Å². The Morgan fingerprint density at radius 2 is 1.76 bits per heavy atom. The average molecular weight is 471 g/mol. The summed E-state index contributed by atoms with van der Waals surface area (Å²) in [6.45, 7) is 5.82. The first-order chi connectivity index (χ1) is 16.4. The van der Waals surface area contributed by atoms with Gasteiger partial charge in [0.25, 0.3) is 5.89 Å². The monoisotopic (exact) mass is 470 g/mol. The molecule has 0 bridgehead atoms. The van der Waals surface area contributed by atoms with E-state index < -0.39 is 6.04 Å². The minimum Gasteiger partial charge on any atom is -0.334 e. The number of anilines is 1. The van der Waals surface area contributed by atoms with Crippen LogP contribution < -0.4 is 10.2 Å². The van der Waals surface area contributed by atoms with E-state index in [1.165, 1.54) is 0 Å². The highest BCUT2D eigenvalue weighted by atomic mass is 35.5. The second-order valence-corrected chi connectivity index (χ2v) is 8.76. The maximum Gasteiger partial charge on any atom is 0.326 e. The molecule has 0 saturated carbocycles. The molecular weight excluding hydrogens is 448 g/mol. The summed E-state index contributed by atoms with van der Waals surface area (Å²) in [7, 11) is 0. The summed E-state index contributed by atoms with van der Waals surface area (Å²) < 4.78 is 5.76. The Balaban J connectivity index is 1.66. The van der Waals surface area contributed by atoms with E-state index in [1.54, 1.807) is 11.0 Å². The van der Waals surface area contributed by atoms with E-state index in [-0.39, 0.29) is 6.03 Å². The summed E-state index contributed by atoms with van der Waals surface area (Å²) >= 11 is 6.23. The van der Waals surface area contributed by atoms with Gasteiger partial charge < -0.3 is 9.84 Å². The van der Waals surface area contributed by atoms with E-state index in [4.69, 9.17) is 21.1 Å². The van der Waals surface area contributed by atoms with Crippen molar-refractivity contribution in [3.05, 3.63) is 106 Å². The third kappa shape index (κ3) is 3.97. The maximum absolute atomic E-state index is 13.3. The van der Waals surface area contributed by atoms with Gasteiger partial charge in [0.15, 0.2) is 0 Å².